The normalized spacial score (nSPS) is 17.1. The molecule has 0 unspecified atom stereocenters. The van der Waals surface area contributed by atoms with Crippen LogP contribution in [0.4, 0.5) is 0 Å². The monoisotopic (exact) mass is 366 g/mol. The van der Waals surface area contributed by atoms with Gasteiger partial charge in [0.05, 0.1) is 5.69 Å². The van der Waals surface area contributed by atoms with Crippen molar-refractivity contribution in [3.05, 3.63) is 41.6 Å². The van der Waals surface area contributed by atoms with Crippen molar-refractivity contribution in [2.24, 2.45) is 0 Å². The molecule has 0 bridgehead atoms. The number of hydrogen-bond acceptors (Lipinski definition) is 3. The Morgan fingerprint density at radius 3 is 2.67 bits per heavy atom. The molecule has 0 saturated carbocycles. The summed E-state index contributed by atoms with van der Waals surface area (Å²) in [4.78, 5) is 28.1. The quantitative estimate of drug-likeness (QED) is 0.883. The molecule has 0 atom stereocenters. The number of carbonyl (C=O) groups is 2. The molecular formula is C21H26N4O2. The average Bonchev–Trinajstić information content (AvgIpc) is 3.22. The van der Waals surface area contributed by atoms with Gasteiger partial charge >= 0.3 is 0 Å². The van der Waals surface area contributed by atoms with Crippen LogP contribution >= 0.6 is 0 Å². The number of fused-ring (bicyclic) bond motifs is 1. The van der Waals surface area contributed by atoms with Crippen LogP contribution in [0.1, 0.15) is 36.9 Å². The highest BCUT2D eigenvalue weighted by Crippen LogP contribution is 2.26. The first kappa shape index (κ1) is 17.8. The maximum atomic E-state index is 12.6. The van der Waals surface area contributed by atoms with E-state index in [0.717, 1.165) is 62.3 Å². The second-order valence-corrected chi connectivity index (χ2v) is 7.36. The number of nitrogens with one attached hydrogen (secondary N) is 1. The highest BCUT2D eigenvalue weighted by molar-refractivity contribution is 5.78. The molecule has 1 aromatic carbocycles. The Morgan fingerprint density at radius 1 is 1.07 bits per heavy atom. The molecule has 1 N–H and O–H groups in total. The fourth-order valence-corrected chi connectivity index (χ4v) is 4.09. The van der Waals surface area contributed by atoms with Crippen molar-refractivity contribution in [2.45, 2.75) is 38.5 Å². The van der Waals surface area contributed by atoms with Gasteiger partial charge in [-0.2, -0.15) is 5.10 Å². The van der Waals surface area contributed by atoms with E-state index in [1.807, 2.05) is 28.0 Å². The molecule has 2 amide bonds. The van der Waals surface area contributed by atoms with E-state index >= 15 is 0 Å². The molecule has 2 aliphatic heterocycles. The number of nitrogens with zero attached hydrogens (tertiary/aromatic N) is 3. The van der Waals surface area contributed by atoms with Gasteiger partial charge in [-0.25, -0.2) is 0 Å². The number of amides is 2. The minimum absolute atomic E-state index is 0.195. The molecule has 142 valence electrons. The minimum Gasteiger partial charge on any atom is -0.343 e. The van der Waals surface area contributed by atoms with Gasteiger partial charge in [-0.15, -0.1) is 0 Å². The summed E-state index contributed by atoms with van der Waals surface area (Å²) in [6.45, 7) is 3.01. The average molecular weight is 366 g/mol. The molecule has 0 spiro atoms. The maximum absolute atomic E-state index is 12.6. The van der Waals surface area contributed by atoms with E-state index in [2.05, 4.69) is 22.3 Å². The van der Waals surface area contributed by atoms with Crippen LogP contribution < -0.4 is 0 Å². The Bertz CT molecular complexity index is 815. The van der Waals surface area contributed by atoms with E-state index in [-0.39, 0.29) is 11.8 Å². The molecule has 1 aromatic heterocycles. The Morgan fingerprint density at radius 2 is 1.89 bits per heavy atom. The van der Waals surface area contributed by atoms with Gasteiger partial charge in [0.25, 0.3) is 0 Å². The number of aromatic nitrogens is 2. The molecule has 4 rings (SSSR count). The lowest BCUT2D eigenvalue weighted by atomic mass is 10.0. The van der Waals surface area contributed by atoms with Crippen LogP contribution in [0.25, 0.3) is 11.3 Å². The molecule has 0 aliphatic carbocycles. The number of benzene rings is 1. The van der Waals surface area contributed by atoms with Crippen LogP contribution in [0.5, 0.6) is 0 Å². The van der Waals surface area contributed by atoms with Crippen molar-refractivity contribution in [1.29, 1.82) is 0 Å². The maximum Gasteiger partial charge on any atom is 0.222 e. The van der Waals surface area contributed by atoms with E-state index < -0.39 is 0 Å². The zero-order valence-corrected chi connectivity index (χ0v) is 15.6. The number of rotatable bonds is 5. The number of aromatic amines is 1. The molecule has 6 heteroatoms. The van der Waals surface area contributed by atoms with E-state index in [4.69, 9.17) is 0 Å². The fourth-order valence-electron chi connectivity index (χ4n) is 4.09. The summed E-state index contributed by atoms with van der Waals surface area (Å²) in [6, 6.07) is 10.2. The van der Waals surface area contributed by atoms with E-state index in [1.54, 1.807) is 0 Å². The van der Waals surface area contributed by atoms with Crippen LogP contribution in [-0.2, 0) is 22.4 Å². The van der Waals surface area contributed by atoms with Crippen molar-refractivity contribution in [3.8, 4) is 11.3 Å². The van der Waals surface area contributed by atoms with Crippen LogP contribution in [0, 0.1) is 0 Å². The zero-order valence-electron chi connectivity index (χ0n) is 15.6. The summed E-state index contributed by atoms with van der Waals surface area (Å²) in [6.07, 6.45) is 4.52. The summed E-state index contributed by atoms with van der Waals surface area (Å²) in [5, 5.41) is 7.69. The molecule has 2 aliphatic rings. The first-order chi connectivity index (χ1) is 13.2. The van der Waals surface area contributed by atoms with Gasteiger partial charge in [-0.1, -0.05) is 30.3 Å². The molecule has 27 heavy (non-hydrogen) atoms. The standard InChI is InChI=1S/C21H26N4O2/c26-19-8-4-12-24(19)13-5-9-20(27)25-14-10-17-18(11-15-25)22-23-21(17)16-6-2-1-3-7-16/h1-3,6-7H,4-5,8-15H2,(H,22,23). The SMILES string of the molecule is O=C1CCCN1CCCC(=O)N1CCc2[nH]nc(-c3ccccc3)c2CC1. The van der Waals surface area contributed by atoms with Crippen molar-refractivity contribution < 1.29 is 9.59 Å². The Hall–Kier alpha value is -2.63. The second kappa shape index (κ2) is 7.94. The molecular weight excluding hydrogens is 340 g/mol. The highest BCUT2D eigenvalue weighted by Gasteiger charge is 2.24. The van der Waals surface area contributed by atoms with E-state index in [9.17, 15) is 9.59 Å². The predicted octanol–water partition coefficient (Wildman–Crippen LogP) is 2.41. The summed E-state index contributed by atoms with van der Waals surface area (Å²) < 4.78 is 0. The summed E-state index contributed by atoms with van der Waals surface area (Å²) in [7, 11) is 0. The fraction of sp³-hybridized carbons (Fsp3) is 0.476. The smallest absolute Gasteiger partial charge is 0.222 e. The Labute approximate surface area is 159 Å². The lowest BCUT2D eigenvalue weighted by Gasteiger charge is -2.21. The Balaban J connectivity index is 1.34. The van der Waals surface area contributed by atoms with Gasteiger partial charge in [-0.3, -0.25) is 14.7 Å². The third-order valence-corrected chi connectivity index (χ3v) is 5.61. The first-order valence-corrected chi connectivity index (χ1v) is 9.89. The van der Waals surface area contributed by atoms with Crippen LogP contribution in [-0.4, -0.2) is 58.0 Å². The van der Waals surface area contributed by atoms with Crippen LogP contribution in [0.15, 0.2) is 30.3 Å². The lowest BCUT2D eigenvalue weighted by Crippen LogP contribution is -2.34. The number of likely N-dealkylation sites (tertiary alicyclic amines) is 1. The molecule has 2 aromatic rings. The summed E-state index contributed by atoms with van der Waals surface area (Å²) in [5.41, 5.74) is 4.50. The third kappa shape index (κ3) is 3.89. The van der Waals surface area contributed by atoms with Crippen LogP contribution in [0.3, 0.4) is 0 Å². The van der Waals surface area contributed by atoms with Gasteiger partial charge in [-0.05, 0) is 19.3 Å². The molecule has 1 fully saturated rings. The van der Waals surface area contributed by atoms with E-state index in [1.165, 1.54) is 5.56 Å². The first-order valence-electron chi connectivity index (χ1n) is 9.89. The third-order valence-electron chi connectivity index (χ3n) is 5.61. The molecule has 3 heterocycles. The molecule has 1 saturated heterocycles. The van der Waals surface area contributed by atoms with Crippen LogP contribution in [0.2, 0.25) is 0 Å². The Kier molecular flexibility index (Phi) is 5.23. The van der Waals surface area contributed by atoms with Gasteiger partial charge in [0.2, 0.25) is 11.8 Å². The summed E-state index contributed by atoms with van der Waals surface area (Å²) in [5.74, 6) is 0.428. The van der Waals surface area contributed by atoms with Crippen molar-refractivity contribution in [2.75, 3.05) is 26.2 Å². The minimum atomic E-state index is 0.195. The number of carbonyl (C=O) groups excluding carboxylic acids is 2. The molecule has 6 nitrogen and oxygen atoms in total. The largest absolute Gasteiger partial charge is 0.343 e. The van der Waals surface area contributed by atoms with Crippen molar-refractivity contribution in [1.82, 2.24) is 20.0 Å². The lowest BCUT2D eigenvalue weighted by molar-refractivity contribution is -0.132. The second-order valence-electron chi connectivity index (χ2n) is 7.36. The van der Waals surface area contributed by atoms with Gasteiger partial charge in [0, 0.05) is 62.3 Å². The molecule has 0 radical (unpaired) electrons. The summed E-state index contributed by atoms with van der Waals surface area (Å²) >= 11 is 0. The predicted molar refractivity (Wildman–Crippen MR) is 103 cm³/mol. The van der Waals surface area contributed by atoms with Crippen molar-refractivity contribution >= 4 is 11.8 Å². The number of hydrogen-bond donors (Lipinski definition) is 1. The zero-order chi connectivity index (χ0) is 18.6. The van der Waals surface area contributed by atoms with Gasteiger partial charge in [0.1, 0.15) is 0 Å². The van der Waals surface area contributed by atoms with Gasteiger partial charge in [0.15, 0.2) is 0 Å². The highest BCUT2D eigenvalue weighted by atomic mass is 16.2. The van der Waals surface area contributed by atoms with Crippen molar-refractivity contribution in [3.63, 3.8) is 0 Å². The van der Waals surface area contributed by atoms with Gasteiger partial charge < -0.3 is 9.80 Å². The topological polar surface area (TPSA) is 69.3 Å². The van der Waals surface area contributed by atoms with E-state index in [0.29, 0.717) is 19.4 Å². The number of H-pyrrole nitrogens is 1.